The van der Waals surface area contributed by atoms with Crippen LogP contribution in [-0.2, 0) is 17.6 Å². The van der Waals surface area contributed by atoms with Crippen LogP contribution in [0.3, 0.4) is 0 Å². The van der Waals surface area contributed by atoms with Crippen molar-refractivity contribution in [3.8, 4) is 0 Å². The van der Waals surface area contributed by atoms with Gasteiger partial charge in [-0.2, -0.15) is 4.98 Å². The monoisotopic (exact) mass is 361 g/mol. The minimum atomic E-state index is 0.266. The molecule has 0 aliphatic carbocycles. The molecule has 1 aromatic carbocycles. The Morgan fingerprint density at radius 1 is 1.28 bits per heavy atom. The van der Waals surface area contributed by atoms with E-state index in [9.17, 15) is 4.79 Å². The third-order valence-electron chi connectivity index (χ3n) is 4.78. The SMILES string of the molecule is Cc1nc(CC2CCN(C(=O)CCCc3ccc(Cl)cc3)CC2)no1. The van der Waals surface area contributed by atoms with Crippen molar-refractivity contribution < 1.29 is 9.32 Å². The second-order valence-electron chi connectivity index (χ2n) is 6.74. The van der Waals surface area contributed by atoms with Crippen molar-refractivity contribution in [2.45, 2.75) is 45.4 Å². The van der Waals surface area contributed by atoms with Crippen LogP contribution in [0.25, 0.3) is 0 Å². The van der Waals surface area contributed by atoms with Crippen molar-refractivity contribution in [3.05, 3.63) is 46.6 Å². The minimum absolute atomic E-state index is 0.266. The highest BCUT2D eigenvalue weighted by molar-refractivity contribution is 6.30. The van der Waals surface area contributed by atoms with Gasteiger partial charge in [-0.1, -0.05) is 28.9 Å². The second kappa shape index (κ2) is 8.48. The number of carbonyl (C=O) groups is 1. The van der Waals surface area contributed by atoms with Gasteiger partial charge in [-0.25, -0.2) is 0 Å². The smallest absolute Gasteiger partial charge is 0.223 e. The number of carbonyl (C=O) groups excluding carboxylic acids is 1. The molecule has 3 rings (SSSR count). The molecule has 5 nitrogen and oxygen atoms in total. The first-order chi connectivity index (χ1) is 12.1. The average molecular weight is 362 g/mol. The summed E-state index contributed by atoms with van der Waals surface area (Å²) in [5.74, 6) is 2.20. The molecule has 6 heteroatoms. The minimum Gasteiger partial charge on any atom is -0.343 e. The maximum Gasteiger partial charge on any atom is 0.223 e. The van der Waals surface area contributed by atoms with Crippen molar-refractivity contribution >= 4 is 17.5 Å². The Hall–Kier alpha value is -1.88. The highest BCUT2D eigenvalue weighted by Gasteiger charge is 2.23. The van der Waals surface area contributed by atoms with E-state index < -0.39 is 0 Å². The summed E-state index contributed by atoms with van der Waals surface area (Å²) < 4.78 is 5.02. The standard InChI is InChI=1S/C19H24ClN3O2/c1-14-21-18(22-25-14)13-16-9-11-23(12-10-16)19(24)4-2-3-15-5-7-17(20)8-6-15/h5-8,16H,2-4,9-13H2,1H3. The van der Waals surface area contributed by atoms with Crippen molar-refractivity contribution in [1.29, 1.82) is 0 Å². The highest BCUT2D eigenvalue weighted by atomic mass is 35.5. The largest absolute Gasteiger partial charge is 0.343 e. The van der Waals surface area contributed by atoms with Crippen molar-refractivity contribution in [2.75, 3.05) is 13.1 Å². The van der Waals surface area contributed by atoms with E-state index in [4.69, 9.17) is 16.1 Å². The zero-order valence-corrected chi connectivity index (χ0v) is 15.3. The number of amides is 1. The third-order valence-corrected chi connectivity index (χ3v) is 5.03. The van der Waals surface area contributed by atoms with E-state index in [-0.39, 0.29) is 5.91 Å². The average Bonchev–Trinajstić information content (AvgIpc) is 3.02. The fraction of sp³-hybridized carbons (Fsp3) is 0.526. The Kier molecular flexibility index (Phi) is 6.08. The van der Waals surface area contributed by atoms with Crippen LogP contribution in [0.1, 0.15) is 43.0 Å². The molecule has 0 unspecified atom stereocenters. The summed E-state index contributed by atoms with van der Waals surface area (Å²) in [5.41, 5.74) is 1.23. The normalized spacial score (nSPS) is 15.5. The van der Waals surface area contributed by atoms with Crippen molar-refractivity contribution in [1.82, 2.24) is 15.0 Å². The van der Waals surface area contributed by atoms with E-state index in [1.165, 1.54) is 5.56 Å². The third kappa shape index (κ3) is 5.30. The van der Waals surface area contributed by atoms with Crippen molar-refractivity contribution in [3.63, 3.8) is 0 Å². The van der Waals surface area contributed by atoms with Crippen LogP contribution >= 0.6 is 11.6 Å². The second-order valence-corrected chi connectivity index (χ2v) is 7.17. The van der Waals surface area contributed by atoms with E-state index in [0.717, 1.165) is 56.0 Å². The summed E-state index contributed by atoms with van der Waals surface area (Å²) >= 11 is 5.89. The van der Waals surface area contributed by atoms with Gasteiger partial charge < -0.3 is 9.42 Å². The molecular weight excluding hydrogens is 338 g/mol. The summed E-state index contributed by atoms with van der Waals surface area (Å²) in [4.78, 5) is 18.6. The van der Waals surface area contributed by atoms with Crippen LogP contribution in [0.4, 0.5) is 0 Å². The Balaban J connectivity index is 1.37. The topological polar surface area (TPSA) is 59.2 Å². The fourth-order valence-corrected chi connectivity index (χ4v) is 3.45. The quantitative estimate of drug-likeness (QED) is 0.784. The Morgan fingerprint density at radius 3 is 2.64 bits per heavy atom. The molecule has 0 N–H and O–H groups in total. The Labute approximate surface area is 153 Å². The zero-order chi connectivity index (χ0) is 17.6. The molecule has 1 aliphatic rings. The molecular formula is C19H24ClN3O2. The molecule has 25 heavy (non-hydrogen) atoms. The Bertz CT molecular complexity index is 691. The number of hydrogen-bond acceptors (Lipinski definition) is 4. The van der Waals surface area contributed by atoms with Gasteiger partial charge in [-0.3, -0.25) is 4.79 Å². The number of benzene rings is 1. The molecule has 1 aromatic heterocycles. The molecule has 2 aromatic rings. The molecule has 0 atom stereocenters. The highest BCUT2D eigenvalue weighted by Crippen LogP contribution is 2.21. The molecule has 0 spiro atoms. The van der Waals surface area contributed by atoms with E-state index in [0.29, 0.717) is 18.2 Å². The maximum atomic E-state index is 12.4. The van der Waals surface area contributed by atoms with Gasteiger partial charge in [0.2, 0.25) is 11.8 Å². The number of aromatic nitrogens is 2. The summed E-state index contributed by atoms with van der Waals surface area (Å²) in [6.07, 6.45) is 5.26. The first-order valence-corrected chi connectivity index (χ1v) is 9.29. The molecule has 0 bridgehead atoms. The lowest BCUT2D eigenvalue weighted by Crippen LogP contribution is -2.38. The molecule has 0 saturated carbocycles. The van der Waals surface area contributed by atoms with Gasteiger partial charge in [-0.15, -0.1) is 0 Å². The fourth-order valence-electron chi connectivity index (χ4n) is 3.32. The lowest BCUT2D eigenvalue weighted by Gasteiger charge is -2.31. The summed E-state index contributed by atoms with van der Waals surface area (Å²) in [7, 11) is 0. The van der Waals surface area contributed by atoms with E-state index in [1.807, 2.05) is 36.1 Å². The predicted octanol–water partition coefficient (Wildman–Crippen LogP) is 3.84. The molecule has 1 fully saturated rings. The van der Waals surface area contributed by atoms with Gasteiger partial charge in [0.25, 0.3) is 0 Å². The van der Waals surface area contributed by atoms with Gasteiger partial charge in [0.05, 0.1) is 0 Å². The molecule has 1 saturated heterocycles. The van der Waals surface area contributed by atoms with E-state index >= 15 is 0 Å². The maximum absolute atomic E-state index is 12.4. The van der Waals surface area contributed by atoms with Crippen LogP contribution in [0, 0.1) is 12.8 Å². The zero-order valence-electron chi connectivity index (χ0n) is 14.6. The van der Waals surface area contributed by atoms with Gasteiger partial charge in [-0.05, 0) is 49.3 Å². The van der Waals surface area contributed by atoms with Gasteiger partial charge in [0.15, 0.2) is 5.82 Å². The lowest BCUT2D eigenvalue weighted by atomic mass is 9.93. The van der Waals surface area contributed by atoms with Crippen LogP contribution in [0.15, 0.2) is 28.8 Å². The summed E-state index contributed by atoms with van der Waals surface area (Å²) in [5, 5.41) is 4.71. The van der Waals surface area contributed by atoms with Crippen LogP contribution in [-0.4, -0.2) is 34.0 Å². The van der Waals surface area contributed by atoms with Crippen molar-refractivity contribution in [2.24, 2.45) is 5.92 Å². The number of likely N-dealkylation sites (tertiary alicyclic amines) is 1. The first-order valence-electron chi connectivity index (χ1n) is 8.91. The lowest BCUT2D eigenvalue weighted by molar-refractivity contribution is -0.132. The van der Waals surface area contributed by atoms with E-state index in [1.54, 1.807) is 0 Å². The molecule has 2 heterocycles. The van der Waals surface area contributed by atoms with Gasteiger partial charge in [0.1, 0.15) is 0 Å². The first kappa shape index (κ1) is 17.9. The molecule has 1 amide bonds. The number of hydrogen-bond donors (Lipinski definition) is 0. The molecule has 1 aliphatic heterocycles. The predicted molar refractivity (Wildman–Crippen MR) is 96.4 cm³/mol. The number of piperidine rings is 1. The molecule has 0 radical (unpaired) electrons. The van der Waals surface area contributed by atoms with Gasteiger partial charge in [0, 0.05) is 37.9 Å². The van der Waals surface area contributed by atoms with Crippen LogP contribution < -0.4 is 0 Å². The van der Waals surface area contributed by atoms with E-state index in [2.05, 4.69) is 10.1 Å². The number of aryl methyl sites for hydroxylation is 2. The molecule has 134 valence electrons. The van der Waals surface area contributed by atoms with Crippen LogP contribution in [0.5, 0.6) is 0 Å². The van der Waals surface area contributed by atoms with Crippen LogP contribution in [0.2, 0.25) is 5.02 Å². The number of nitrogens with zero attached hydrogens (tertiary/aromatic N) is 3. The summed E-state index contributed by atoms with van der Waals surface area (Å²) in [6, 6.07) is 7.85. The Morgan fingerprint density at radius 2 is 2.00 bits per heavy atom. The number of rotatable bonds is 6. The van der Waals surface area contributed by atoms with Gasteiger partial charge >= 0.3 is 0 Å². The summed E-state index contributed by atoms with van der Waals surface area (Å²) in [6.45, 7) is 3.48. The number of halogens is 1.